The molecule has 6 nitrogen and oxygen atoms in total. The third-order valence-corrected chi connectivity index (χ3v) is 4.50. The van der Waals surface area contributed by atoms with Crippen molar-refractivity contribution in [3.63, 3.8) is 0 Å². The van der Waals surface area contributed by atoms with Crippen LogP contribution in [0.2, 0.25) is 4.34 Å². The van der Waals surface area contributed by atoms with Gasteiger partial charge in [-0.3, -0.25) is 9.59 Å². The number of nitrogens with one attached hydrogen (secondary N) is 1. The van der Waals surface area contributed by atoms with Gasteiger partial charge in [0.2, 0.25) is 6.41 Å². The minimum atomic E-state index is -0.667. The van der Waals surface area contributed by atoms with Gasteiger partial charge in [-0.25, -0.2) is 10.9 Å². The van der Waals surface area contributed by atoms with Crippen molar-refractivity contribution in [1.82, 2.24) is 4.98 Å². The van der Waals surface area contributed by atoms with Gasteiger partial charge in [0, 0.05) is 16.5 Å². The van der Waals surface area contributed by atoms with Crippen LogP contribution in [0.25, 0.3) is 22.0 Å². The number of thiophene rings is 1. The summed E-state index contributed by atoms with van der Waals surface area (Å²) in [6, 6.07) is 7.32. The number of nitrogens with two attached hydrogens (primary N) is 2. The number of fused-ring (bicyclic) bond motifs is 1. The fourth-order valence-corrected chi connectivity index (χ4v) is 3.31. The minimum Gasteiger partial charge on any atom is -0.365 e. The number of carbonyl (C=O) groups excluding carboxylic acids is 2. The van der Waals surface area contributed by atoms with Crippen LogP contribution >= 0.6 is 22.9 Å². The largest absolute Gasteiger partial charge is 0.365 e. The molecule has 0 unspecified atom stereocenters. The summed E-state index contributed by atoms with van der Waals surface area (Å²) < 4.78 is 0.676. The summed E-state index contributed by atoms with van der Waals surface area (Å²) in [6.07, 6.45) is 0.397. The van der Waals surface area contributed by atoms with Crippen LogP contribution in [0, 0.1) is 0 Å². The third kappa shape index (κ3) is 2.25. The van der Waals surface area contributed by atoms with Crippen LogP contribution < -0.4 is 16.6 Å². The quantitative estimate of drug-likeness (QED) is 0.295. The Bertz CT molecular complexity index is 886. The summed E-state index contributed by atoms with van der Waals surface area (Å²) >= 11 is 7.58. The number of anilines is 1. The summed E-state index contributed by atoms with van der Waals surface area (Å²) in [6.45, 7) is 0. The van der Waals surface area contributed by atoms with E-state index in [1.54, 1.807) is 6.07 Å². The lowest BCUT2D eigenvalue weighted by molar-refractivity contribution is -0.107. The van der Waals surface area contributed by atoms with Crippen molar-refractivity contribution in [3.8, 4) is 11.1 Å². The van der Waals surface area contributed by atoms with Crippen molar-refractivity contribution in [2.75, 3.05) is 5.01 Å². The van der Waals surface area contributed by atoms with Crippen LogP contribution in [0.4, 0.5) is 5.82 Å². The highest BCUT2D eigenvalue weighted by molar-refractivity contribution is 7.15. The van der Waals surface area contributed by atoms with Gasteiger partial charge in [-0.1, -0.05) is 23.7 Å². The van der Waals surface area contributed by atoms with Gasteiger partial charge < -0.3 is 10.7 Å². The van der Waals surface area contributed by atoms with Crippen LogP contribution in [0.1, 0.15) is 10.4 Å². The fourth-order valence-electron chi connectivity index (χ4n) is 2.35. The maximum absolute atomic E-state index is 11.7. The Labute approximate surface area is 134 Å². The Kier molecular flexibility index (Phi) is 3.61. The van der Waals surface area contributed by atoms with Gasteiger partial charge in [-0.15, -0.1) is 11.3 Å². The topological polar surface area (TPSA) is 105 Å². The molecule has 0 atom stereocenters. The zero-order valence-electron chi connectivity index (χ0n) is 11.2. The number of aromatic amines is 1. The number of halogens is 1. The number of benzene rings is 1. The first kappa shape index (κ1) is 14.6. The van der Waals surface area contributed by atoms with E-state index in [-0.39, 0.29) is 11.4 Å². The first-order valence-corrected chi connectivity index (χ1v) is 7.46. The number of hydrazine groups is 1. The smallest absolute Gasteiger partial charge is 0.253 e. The Morgan fingerprint density at radius 2 is 2.14 bits per heavy atom. The molecule has 0 aliphatic rings. The predicted octanol–water partition coefficient (Wildman–Crippen LogP) is 2.49. The number of hydrogen-bond donors (Lipinski definition) is 3. The van der Waals surface area contributed by atoms with Crippen LogP contribution in [-0.4, -0.2) is 17.3 Å². The molecule has 3 aromatic rings. The molecule has 2 aromatic heterocycles. The normalized spacial score (nSPS) is 10.8. The fraction of sp³-hybridized carbons (Fsp3) is 0. The predicted molar refractivity (Wildman–Crippen MR) is 87.9 cm³/mol. The summed E-state index contributed by atoms with van der Waals surface area (Å²) in [5.41, 5.74) is 7.99. The molecule has 8 heteroatoms. The van der Waals surface area contributed by atoms with Crippen molar-refractivity contribution in [2.45, 2.75) is 0 Å². The first-order valence-electron chi connectivity index (χ1n) is 6.21. The highest BCUT2D eigenvalue weighted by Gasteiger charge is 2.20. The Balaban J connectivity index is 2.24. The van der Waals surface area contributed by atoms with Gasteiger partial charge in [0.25, 0.3) is 5.91 Å². The second-order valence-corrected chi connectivity index (χ2v) is 6.11. The second kappa shape index (κ2) is 5.45. The van der Waals surface area contributed by atoms with Gasteiger partial charge in [-0.2, -0.15) is 0 Å². The van der Waals surface area contributed by atoms with Crippen LogP contribution in [0.3, 0.4) is 0 Å². The molecular weight excluding hydrogens is 324 g/mol. The number of aromatic nitrogens is 1. The Morgan fingerprint density at radius 3 is 2.73 bits per heavy atom. The van der Waals surface area contributed by atoms with Crippen molar-refractivity contribution >= 4 is 52.0 Å². The molecule has 2 heterocycles. The second-order valence-electron chi connectivity index (χ2n) is 4.59. The number of nitrogens with zero attached hydrogens (tertiary/aromatic N) is 1. The molecule has 22 heavy (non-hydrogen) atoms. The van der Waals surface area contributed by atoms with Crippen LogP contribution in [0.5, 0.6) is 0 Å². The monoisotopic (exact) mass is 334 g/mol. The Morgan fingerprint density at radius 1 is 1.36 bits per heavy atom. The average molecular weight is 335 g/mol. The molecule has 0 saturated heterocycles. The van der Waals surface area contributed by atoms with Gasteiger partial charge >= 0.3 is 0 Å². The number of carbonyl (C=O) groups is 2. The van der Waals surface area contributed by atoms with E-state index in [0.29, 0.717) is 21.6 Å². The molecular formula is C14H11ClN4O2S. The number of H-pyrrole nitrogens is 1. The van der Waals surface area contributed by atoms with Gasteiger partial charge in [0.15, 0.2) is 0 Å². The maximum Gasteiger partial charge on any atom is 0.253 e. The van der Waals surface area contributed by atoms with Crippen molar-refractivity contribution in [2.24, 2.45) is 11.6 Å². The molecule has 3 rings (SSSR count). The van der Waals surface area contributed by atoms with E-state index in [4.69, 9.17) is 23.2 Å². The number of primary amides is 1. The molecule has 1 aromatic carbocycles. The van der Waals surface area contributed by atoms with E-state index in [1.165, 1.54) is 11.3 Å². The molecule has 0 bridgehead atoms. The molecule has 2 amide bonds. The lowest BCUT2D eigenvalue weighted by Crippen LogP contribution is -2.31. The zero-order valence-corrected chi connectivity index (χ0v) is 12.7. The number of hydrogen-bond acceptors (Lipinski definition) is 4. The molecule has 0 fully saturated rings. The summed E-state index contributed by atoms with van der Waals surface area (Å²) in [5, 5.41) is 3.28. The lowest BCUT2D eigenvalue weighted by atomic mass is 10.1. The molecule has 0 saturated carbocycles. The van der Waals surface area contributed by atoms with E-state index >= 15 is 0 Å². The van der Waals surface area contributed by atoms with Gasteiger partial charge in [-0.05, 0) is 23.1 Å². The van der Waals surface area contributed by atoms with Gasteiger partial charge in [0.05, 0.1) is 5.56 Å². The van der Waals surface area contributed by atoms with Crippen molar-refractivity contribution in [1.29, 1.82) is 0 Å². The van der Waals surface area contributed by atoms with Crippen molar-refractivity contribution < 1.29 is 9.59 Å². The molecule has 0 radical (unpaired) electrons. The maximum atomic E-state index is 11.7. The molecule has 0 spiro atoms. The van der Waals surface area contributed by atoms with Crippen LogP contribution in [-0.2, 0) is 4.79 Å². The number of amides is 2. The first-order chi connectivity index (χ1) is 10.5. The van der Waals surface area contributed by atoms with E-state index in [2.05, 4.69) is 4.98 Å². The van der Waals surface area contributed by atoms with E-state index in [1.807, 2.05) is 23.6 Å². The van der Waals surface area contributed by atoms with Crippen LogP contribution in [0.15, 0.2) is 29.6 Å². The summed E-state index contributed by atoms with van der Waals surface area (Å²) in [7, 11) is 0. The average Bonchev–Trinajstić information content (AvgIpc) is 3.08. The van der Waals surface area contributed by atoms with E-state index in [9.17, 15) is 9.59 Å². The van der Waals surface area contributed by atoms with Crippen molar-refractivity contribution in [3.05, 3.63) is 39.5 Å². The molecule has 112 valence electrons. The molecule has 5 N–H and O–H groups in total. The van der Waals surface area contributed by atoms with E-state index < -0.39 is 5.91 Å². The van der Waals surface area contributed by atoms with E-state index in [0.717, 1.165) is 16.1 Å². The zero-order chi connectivity index (χ0) is 15.9. The summed E-state index contributed by atoms with van der Waals surface area (Å²) in [4.78, 5) is 25.5. The van der Waals surface area contributed by atoms with Gasteiger partial charge in [0.1, 0.15) is 10.2 Å². The highest BCUT2D eigenvalue weighted by atomic mass is 35.5. The minimum absolute atomic E-state index is 0.158. The highest BCUT2D eigenvalue weighted by Crippen LogP contribution is 2.35. The summed E-state index contributed by atoms with van der Waals surface area (Å²) in [5.74, 6) is 5.05. The molecule has 0 aliphatic heterocycles. The molecule has 0 aliphatic carbocycles. The third-order valence-electron chi connectivity index (χ3n) is 3.33. The SMILES string of the molecule is NC(=O)c1c(N(N)C=O)[nH]c2cc(-c3ccsc3Cl)ccc12. The lowest BCUT2D eigenvalue weighted by Gasteiger charge is -2.08. The standard InChI is InChI=1S/C14H11ClN4O2S/c15-12-8(3-4-22-12)7-1-2-9-10(5-7)18-14(19(17)6-20)11(9)13(16)21/h1-6,18H,17H2,(H2,16,21). The number of rotatable bonds is 4. The Hall–Kier alpha value is -2.35.